The average molecular weight is 456 g/mol. The average Bonchev–Trinajstić information content (AvgIpc) is 3.19. The molecule has 3 unspecified atom stereocenters. The second kappa shape index (κ2) is 8.42. The van der Waals surface area contributed by atoms with Gasteiger partial charge in [-0.1, -0.05) is 30.3 Å². The second-order valence-corrected chi connectivity index (χ2v) is 9.48. The molecule has 3 atom stereocenters. The Hall–Kier alpha value is -3.42. The van der Waals surface area contributed by atoms with Gasteiger partial charge in [0.2, 0.25) is 0 Å². The number of aromatic hydroxyl groups is 1. The number of nitrogens with two attached hydrogens (primary N) is 1. The Kier molecular flexibility index (Phi) is 5.23. The number of ether oxygens (including phenoxy) is 1. The first-order chi connectivity index (χ1) is 16.6. The lowest BCUT2D eigenvalue weighted by Crippen LogP contribution is -2.51. The zero-order valence-corrected chi connectivity index (χ0v) is 19.2. The number of nitrogens with zero attached hydrogens (tertiary/aromatic N) is 3. The van der Waals surface area contributed by atoms with Gasteiger partial charge in [-0.3, -0.25) is 0 Å². The van der Waals surface area contributed by atoms with E-state index in [1.807, 2.05) is 31.2 Å². The number of anilines is 1. The molecule has 0 amide bonds. The molecule has 2 fully saturated rings. The molecule has 6 rings (SSSR count). The van der Waals surface area contributed by atoms with Gasteiger partial charge in [-0.25, -0.2) is 0 Å². The summed E-state index contributed by atoms with van der Waals surface area (Å²) in [5.74, 6) is 1.16. The zero-order valence-electron chi connectivity index (χ0n) is 19.2. The number of aromatic nitrogens is 2. The van der Waals surface area contributed by atoms with Crippen LogP contribution in [0.25, 0.3) is 32.8 Å². The van der Waals surface area contributed by atoms with E-state index >= 15 is 0 Å². The van der Waals surface area contributed by atoms with Gasteiger partial charge in [0, 0.05) is 37.1 Å². The minimum atomic E-state index is -0.178. The maximum absolute atomic E-state index is 10.4. The van der Waals surface area contributed by atoms with Crippen molar-refractivity contribution in [1.29, 1.82) is 0 Å². The van der Waals surface area contributed by atoms with Gasteiger partial charge >= 0.3 is 6.01 Å². The van der Waals surface area contributed by atoms with E-state index in [1.54, 1.807) is 6.07 Å². The lowest BCUT2D eigenvalue weighted by molar-refractivity contribution is 0.211. The first kappa shape index (κ1) is 21.1. The maximum atomic E-state index is 10.4. The fourth-order valence-electron chi connectivity index (χ4n) is 5.28. The van der Waals surface area contributed by atoms with Crippen molar-refractivity contribution < 1.29 is 9.84 Å². The highest BCUT2D eigenvalue weighted by molar-refractivity contribution is 6.00. The highest BCUT2D eigenvalue weighted by atomic mass is 16.5. The summed E-state index contributed by atoms with van der Waals surface area (Å²) in [6, 6.07) is 19.3. The van der Waals surface area contributed by atoms with E-state index in [9.17, 15) is 5.11 Å². The summed E-state index contributed by atoms with van der Waals surface area (Å²) in [4.78, 5) is 12.0. The number of rotatable bonds is 5. The fraction of sp³-hybridized carbons (Fsp3) is 0.333. The quantitative estimate of drug-likeness (QED) is 0.421. The lowest BCUT2D eigenvalue weighted by atomic mass is 9.97. The molecule has 0 spiro atoms. The molecule has 2 bridgehead atoms. The summed E-state index contributed by atoms with van der Waals surface area (Å²) in [7, 11) is 0. The van der Waals surface area contributed by atoms with Gasteiger partial charge < -0.3 is 25.8 Å². The third kappa shape index (κ3) is 3.81. The van der Waals surface area contributed by atoms with Gasteiger partial charge in [0.15, 0.2) is 0 Å². The molecule has 4 aromatic rings. The minimum Gasteiger partial charge on any atom is -0.508 e. The topological polar surface area (TPSA) is 96.5 Å². The first-order valence-corrected chi connectivity index (χ1v) is 12.0. The summed E-state index contributed by atoms with van der Waals surface area (Å²) in [5, 5.41) is 17.1. The highest BCUT2D eigenvalue weighted by Gasteiger charge is 2.33. The molecule has 2 aliphatic rings. The van der Waals surface area contributed by atoms with E-state index in [-0.39, 0.29) is 11.9 Å². The highest BCUT2D eigenvalue weighted by Crippen LogP contribution is 2.36. The van der Waals surface area contributed by atoms with Crippen LogP contribution in [0.5, 0.6) is 11.8 Å². The van der Waals surface area contributed by atoms with Crippen LogP contribution in [0.1, 0.15) is 19.8 Å². The van der Waals surface area contributed by atoms with Gasteiger partial charge in [0.25, 0.3) is 0 Å². The number of benzene rings is 3. The van der Waals surface area contributed by atoms with Crippen LogP contribution in [0.2, 0.25) is 0 Å². The Morgan fingerprint density at radius 2 is 1.85 bits per heavy atom. The third-order valence-corrected chi connectivity index (χ3v) is 6.97. The van der Waals surface area contributed by atoms with Crippen molar-refractivity contribution in [2.45, 2.75) is 38.0 Å². The minimum absolute atomic E-state index is 0.178. The molecule has 2 saturated heterocycles. The normalized spacial score (nSPS) is 20.7. The van der Waals surface area contributed by atoms with Crippen LogP contribution >= 0.6 is 0 Å². The molecule has 7 heteroatoms. The lowest BCUT2D eigenvalue weighted by Gasteiger charge is -2.34. The van der Waals surface area contributed by atoms with Crippen LogP contribution < -0.4 is 20.7 Å². The Morgan fingerprint density at radius 1 is 1.06 bits per heavy atom. The van der Waals surface area contributed by atoms with Crippen LogP contribution in [0.3, 0.4) is 0 Å². The molecule has 3 heterocycles. The predicted molar refractivity (Wildman–Crippen MR) is 135 cm³/mol. The van der Waals surface area contributed by atoms with E-state index < -0.39 is 0 Å². The summed E-state index contributed by atoms with van der Waals surface area (Å²) in [6.07, 6.45) is 2.22. The van der Waals surface area contributed by atoms with Crippen LogP contribution in [0.15, 0.2) is 54.6 Å². The van der Waals surface area contributed by atoms with Gasteiger partial charge in [-0.2, -0.15) is 9.97 Å². The number of piperazine rings is 1. The molecule has 0 aliphatic carbocycles. The van der Waals surface area contributed by atoms with Crippen molar-refractivity contribution >= 4 is 27.5 Å². The van der Waals surface area contributed by atoms with Crippen molar-refractivity contribution in [1.82, 2.24) is 15.3 Å². The SMILES string of the molecule is CC(CN)Oc1nc(N2CC3CCC(C2)N3)c2ccc(-c3cc(O)cc4ccccc34)cc2n1. The molecule has 0 radical (unpaired) electrons. The van der Waals surface area contributed by atoms with Crippen LogP contribution in [-0.2, 0) is 0 Å². The number of nitrogens with one attached hydrogen (secondary N) is 1. The third-order valence-electron chi connectivity index (χ3n) is 6.97. The van der Waals surface area contributed by atoms with Crippen molar-refractivity contribution in [2.24, 2.45) is 5.73 Å². The Balaban J connectivity index is 1.50. The van der Waals surface area contributed by atoms with Crippen molar-refractivity contribution in [3.05, 3.63) is 54.6 Å². The zero-order chi connectivity index (χ0) is 23.2. The number of hydrogen-bond donors (Lipinski definition) is 3. The molecule has 1 aromatic heterocycles. The molecule has 4 N–H and O–H groups in total. The van der Waals surface area contributed by atoms with Gasteiger partial charge in [0.05, 0.1) is 5.52 Å². The maximum Gasteiger partial charge on any atom is 0.319 e. The second-order valence-electron chi connectivity index (χ2n) is 9.48. The summed E-state index contributed by atoms with van der Waals surface area (Å²) < 4.78 is 5.98. The standard InChI is InChI=1S/C27H29N5O2/c1-16(13-28)34-27-30-25-11-18(24-12-21(33)10-17-4-2-3-5-22(17)24)6-9-23(25)26(31-27)32-14-19-7-8-20(15-32)29-19/h2-6,9-12,16,19-20,29,33H,7-8,13-15,28H2,1H3. The monoisotopic (exact) mass is 455 g/mol. The van der Waals surface area contributed by atoms with Gasteiger partial charge in [-0.05, 0) is 65.9 Å². The van der Waals surface area contributed by atoms with Crippen molar-refractivity contribution in [3.8, 4) is 22.9 Å². The molecule has 7 nitrogen and oxygen atoms in total. The largest absolute Gasteiger partial charge is 0.508 e. The van der Waals surface area contributed by atoms with E-state index in [2.05, 4.69) is 34.5 Å². The molecular formula is C27H29N5O2. The molecule has 34 heavy (non-hydrogen) atoms. The number of phenolic OH excluding ortho intramolecular Hbond substituents is 1. The first-order valence-electron chi connectivity index (χ1n) is 12.0. The summed E-state index contributed by atoms with van der Waals surface area (Å²) in [5.41, 5.74) is 8.58. The van der Waals surface area contributed by atoms with Gasteiger partial charge in [0.1, 0.15) is 17.7 Å². The smallest absolute Gasteiger partial charge is 0.319 e. The van der Waals surface area contributed by atoms with Crippen LogP contribution in [0, 0.1) is 0 Å². The van der Waals surface area contributed by atoms with Crippen LogP contribution in [0.4, 0.5) is 5.82 Å². The number of phenols is 1. The molecule has 2 aliphatic heterocycles. The molecule has 3 aromatic carbocycles. The predicted octanol–water partition coefficient (Wildman–Crippen LogP) is 3.82. The van der Waals surface area contributed by atoms with E-state index in [0.717, 1.165) is 51.7 Å². The van der Waals surface area contributed by atoms with Crippen LogP contribution in [-0.4, -0.2) is 52.9 Å². The Labute approximate surface area is 198 Å². The van der Waals surface area contributed by atoms with Crippen molar-refractivity contribution in [3.63, 3.8) is 0 Å². The number of fused-ring (bicyclic) bond motifs is 4. The van der Waals surface area contributed by atoms with E-state index in [4.69, 9.17) is 20.4 Å². The fourth-order valence-corrected chi connectivity index (χ4v) is 5.28. The Morgan fingerprint density at radius 3 is 2.65 bits per heavy atom. The summed E-state index contributed by atoms with van der Waals surface area (Å²) >= 11 is 0. The van der Waals surface area contributed by atoms with E-state index in [0.29, 0.717) is 24.6 Å². The van der Waals surface area contributed by atoms with E-state index in [1.165, 1.54) is 12.8 Å². The molecular weight excluding hydrogens is 426 g/mol. The van der Waals surface area contributed by atoms with Crippen molar-refractivity contribution in [2.75, 3.05) is 24.5 Å². The number of hydrogen-bond acceptors (Lipinski definition) is 7. The molecule has 0 saturated carbocycles. The molecule has 174 valence electrons. The van der Waals surface area contributed by atoms with Gasteiger partial charge in [-0.15, -0.1) is 0 Å². The summed E-state index contributed by atoms with van der Waals surface area (Å²) in [6.45, 7) is 4.16. The Bertz CT molecular complexity index is 1360.